The van der Waals surface area contributed by atoms with Crippen LogP contribution in [0, 0.1) is 11.6 Å². The van der Waals surface area contributed by atoms with Crippen LogP contribution in [0.4, 0.5) is 14.5 Å². The summed E-state index contributed by atoms with van der Waals surface area (Å²) in [6.45, 7) is 1.96. The zero-order valence-corrected chi connectivity index (χ0v) is 22.0. The molecule has 0 spiro atoms. The van der Waals surface area contributed by atoms with Crippen molar-refractivity contribution in [3.05, 3.63) is 91.6 Å². The average Bonchev–Trinajstić information content (AvgIpc) is 3.19. The molecule has 0 saturated heterocycles. The molecule has 0 aliphatic rings. The highest BCUT2D eigenvalue weighted by molar-refractivity contribution is 9.10. The number of carbonyl (C=O) groups excluding carboxylic acids is 2. The minimum Gasteiger partial charge on any atom is -0.327 e. The molecule has 2 aromatic heterocycles. The maximum Gasteiger partial charge on any atom is 0.266 e. The standard InChI is InChI=1S/C24H16BrCl2F2N3O2S/c1-2-8-35-31-18-7-6-17(28)20(21(18)29)22(33)14-11-32(23-13(14)9-12(25)10-30-23)24(34)19-15(26)4-3-5-16(19)27/h3-7,9-11,31H,2,8H2,1H3. The number of hydrogen-bond acceptors (Lipinski definition) is 5. The Labute approximate surface area is 222 Å². The van der Waals surface area contributed by atoms with E-state index in [9.17, 15) is 14.0 Å². The fraction of sp³-hybridized carbons (Fsp3) is 0.125. The predicted molar refractivity (Wildman–Crippen MR) is 140 cm³/mol. The van der Waals surface area contributed by atoms with E-state index in [0.29, 0.717) is 10.2 Å². The quantitative estimate of drug-likeness (QED) is 0.134. The van der Waals surface area contributed by atoms with E-state index < -0.39 is 28.9 Å². The third-order valence-electron chi connectivity index (χ3n) is 5.06. The maximum absolute atomic E-state index is 15.2. The van der Waals surface area contributed by atoms with E-state index >= 15 is 4.39 Å². The van der Waals surface area contributed by atoms with Crippen molar-refractivity contribution in [2.45, 2.75) is 13.3 Å². The summed E-state index contributed by atoms with van der Waals surface area (Å²) in [4.78, 5) is 31.1. The van der Waals surface area contributed by atoms with E-state index in [1.54, 1.807) is 12.1 Å². The van der Waals surface area contributed by atoms with E-state index in [0.717, 1.165) is 17.1 Å². The van der Waals surface area contributed by atoms with E-state index in [-0.39, 0.29) is 37.9 Å². The van der Waals surface area contributed by atoms with Gasteiger partial charge in [-0.25, -0.2) is 13.8 Å². The van der Waals surface area contributed by atoms with Crippen molar-refractivity contribution in [2.24, 2.45) is 0 Å². The van der Waals surface area contributed by atoms with Gasteiger partial charge in [-0.15, -0.1) is 0 Å². The summed E-state index contributed by atoms with van der Waals surface area (Å²) in [7, 11) is 0. The Morgan fingerprint density at radius 3 is 2.54 bits per heavy atom. The summed E-state index contributed by atoms with van der Waals surface area (Å²) in [6.07, 6.45) is 3.47. The monoisotopic (exact) mass is 597 g/mol. The van der Waals surface area contributed by atoms with E-state index in [2.05, 4.69) is 25.6 Å². The number of benzene rings is 2. The second-order valence-corrected chi connectivity index (χ2v) is 10.0. The number of anilines is 1. The number of rotatable bonds is 7. The minimum atomic E-state index is -1.03. The number of halogens is 5. The summed E-state index contributed by atoms with van der Waals surface area (Å²) in [5, 5.41) is 0.433. The molecule has 5 nitrogen and oxygen atoms in total. The Kier molecular flexibility index (Phi) is 7.80. The molecule has 4 aromatic rings. The minimum absolute atomic E-state index is 0.00737. The number of nitrogens with one attached hydrogen (secondary N) is 1. The highest BCUT2D eigenvalue weighted by atomic mass is 79.9. The van der Waals surface area contributed by atoms with Gasteiger partial charge in [-0.2, -0.15) is 0 Å². The Morgan fingerprint density at radius 1 is 1.14 bits per heavy atom. The number of aromatic nitrogens is 2. The topological polar surface area (TPSA) is 64.0 Å². The van der Waals surface area contributed by atoms with Gasteiger partial charge in [-0.05, 0) is 52.7 Å². The Hall–Kier alpha value is -2.46. The smallest absolute Gasteiger partial charge is 0.266 e. The zero-order valence-electron chi connectivity index (χ0n) is 18.0. The number of nitrogens with zero attached hydrogens (tertiary/aromatic N) is 2. The van der Waals surface area contributed by atoms with Crippen molar-refractivity contribution in [2.75, 3.05) is 10.5 Å². The van der Waals surface area contributed by atoms with E-state index in [1.807, 2.05) is 6.92 Å². The molecule has 0 amide bonds. The number of pyridine rings is 1. The molecule has 0 aliphatic carbocycles. The van der Waals surface area contributed by atoms with Gasteiger partial charge in [0.05, 0.1) is 32.4 Å². The highest BCUT2D eigenvalue weighted by Gasteiger charge is 2.28. The van der Waals surface area contributed by atoms with Crippen molar-refractivity contribution in [3.63, 3.8) is 0 Å². The molecule has 4 rings (SSSR count). The van der Waals surface area contributed by atoms with Crippen molar-refractivity contribution in [1.29, 1.82) is 0 Å². The summed E-state index contributed by atoms with van der Waals surface area (Å²) in [5.74, 6) is -2.94. The first-order chi connectivity index (χ1) is 16.7. The first-order valence-corrected chi connectivity index (χ1v) is 12.8. The van der Waals surface area contributed by atoms with Gasteiger partial charge in [0, 0.05) is 28.0 Å². The summed E-state index contributed by atoms with van der Waals surface area (Å²) in [5.41, 5.74) is -0.759. The second-order valence-electron chi connectivity index (χ2n) is 7.40. The van der Waals surface area contributed by atoms with Gasteiger partial charge < -0.3 is 4.72 Å². The van der Waals surface area contributed by atoms with E-state index in [1.165, 1.54) is 42.5 Å². The van der Waals surface area contributed by atoms with Crippen molar-refractivity contribution < 1.29 is 18.4 Å². The highest BCUT2D eigenvalue weighted by Crippen LogP contribution is 2.32. The summed E-state index contributed by atoms with van der Waals surface area (Å²) < 4.78 is 34.4. The third kappa shape index (κ3) is 4.95. The van der Waals surface area contributed by atoms with Crippen LogP contribution >= 0.6 is 51.1 Å². The summed E-state index contributed by atoms with van der Waals surface area (Å²) >= 11 is 16.9. The van der Waals surface area contributed by atoms with E-state index in [4.69, 9.17) is 23.2 Å². The molecule has 180 valence electrons. The van der Waals surface area contributed by atoms with Crippen LogP contribution in [0.1, 0.15) is 39.6 Å². The fourth-order valence-corrected chi connectivity index (χ4v) is 4.96. The zero-order chi connectivity index (χ0) is 25.3. The second kappa shape index (κ2) is 10.7. The van der Waals surface area contributed by atoms with Gasteiger partial charge in [0.25, 0.3) is 5.91 Å². The average molecular weight is 599 g/mol. The van der Waals surface area contributed by atoms with Gasteiger partial charge in [0.2, 0.25) is 5.78 Å². The third-order valence-corrected chi connectivity index (χ3v) is 7.10. The van der Waals surface area contributed by atoms with Crippen LogP contribution in [0.3, 0.4) is 0 Å². The van der Waals surface area contributed by atoms with Crippen LogP contribution < -0.4 is 4.72 Å². The van der Waals surface area contributed by atoms with Crippen LogP contribution in [0.15, 0.2) is 53.3 Å². The molecule has 35 heavy (non-hydrogen) atoms. The molecule has 0 bridgehead atoms. The molecular weight excluding hydrogens is 583 g/mol. The normalized spacial score (nSPS) is 11.1. The molecule has 0 aliphatic heterocycles. The largest absolute Gasteiger partial charge is 0.327 e. The molecule has 11 heteroatoms. The Balaban J connectivity index is 1.87. The first-order valence-electron chi connectivity index (χ1n) is 10.3. The van der Waals surface area contributed by atoms with Crippen LogP contribution in [0.5, 0.6) is 0 Å². The SMILES string of the molecule is CCCSNc1ccc(F)c(C(=O)c2cn(C(=O)c3c(Cl)cccc3Cl)c3ncc(Br)cc23)c1F. The molecular formula is C24H16BrCl2F2N3O2S. The molecule has 0 atom stereocenters. The van der Waals surface area contributed by atoms with Gasteiger partial charge in [-0.3, -0.25) is 14.2 Å². The van der Waals surface area contributed by atoms with Crippen LogP contribution in [0.2, 0.25) is 10.0 Å². The molecule has 2 aromatic carbocycles. The fourth-order valence-electron chi connectivity index (χ4n) is 3.45. The Morgan fingerprint density at radius 2 is 1.86 bits per heavy atom. The Bertz CT molecular complexity index is 1460. The van der Waals surface area contributed by atoms with Crippen molar-refractivity contribution >= 4 is 79.5 Å². The lowest BCUT2D eigenvalue weighted by Crippen LogP contribution is -2.13. The van der Waals surface area contributed by atoms with Crippen LogP contribution in [-0.2, 0) is 0 Å². The van der Waals surface area contributed by atoms with Gasteiger partial charge in [0.15, 0.2) is 5.82 Å². The first kappa shape index (κ1) is 25.6. The van der Waals surface area contributed by atoms with Gasteiger partial charge in [0.1, 0.15) is 11.5 Å². The number of fused-ring (bicyclic) bond motifs is 1. The lowest BCUT2D eigenvalue weighted by atomic mass is 10.0. The van der Waals surface area contributed by atoms with Crippen LogP contribution in [-0.4, -0.2) is 27.0 Å². The lowest BCUT2D eigenvalue weighted by molar-refractivity contribution is 0.0964. The number of ketones is 1. The number of carbonyl (C=O) groups is 2. The summed E-state index contributed by atoms with van der Waals surface area (Å²) in [6, 6.07) is 8.39. The maximum atomic E-state index is 15.2. The molecule has 0 unspecified atom stereocenters. The lowest BCUT2D eigenvalue weighted by Gasteiger charge is -2.10. The van der Waals surface area contributed by atoms with Gasteiger partial charge >= 0.3 is 0 Å². The molecule has 0 saturated carbocycles. The number of hydrogen-bond donors (Lipinski definition) is 1. The van der Waals surface area contributed by atoms with Gasteiger partial charge in [-0.1, -0.05) is 48.1 Å². The van der Waals surface area contributed by atoms with Crippen molar-refractivity contribution in [1.82, 2.24) is 9.55 Å². The predicted octanol–water partition coefficient (Wildman–Crippen LogP) is 7.77. The molecule has 2 heterocycles. The molecule has 1 N–H and O–H groups in total. The molecule has 0 radical (unpaired) electrons. The molecule has 0 fully saturated rings. The van der Waals surface area contributed by atoms with Crippen molar-refractivity contribution in [3.8, 4) is 0 Å². The van der Waals surface area contributed by atoms with Crippen LogP contribution in [0.25, 0.3) is 11.0 Å².